The maximum atomic E-state index is 13.1. The smallest absolute Gasteiger partial charge is 0.462 e. The summed E-state index contributed by atoms with van der Waals surface area (Å²) in [5.74, 6) is 0.223. The highest BCUT2D eigenvalue weighted by atomic mass is 31.2. The minimum atomic E-state index is -4.96. The second-order valence-electron chi connectivity index (χ2n) is 29.5. The lowest BCUT2D eigenvalue weighted by Gasteiger charge is -2.21. The molecular formula is C78H152O17P2. The maximum absolute atomic E-state index is 13.1. The summed E-state index contributed by atoms with van der Waals surface area (Å²) in [7, 11) is -9.91. The van der Waals surface area contributed by atoms with E-state index in [1.807, 2.05) is 0 Å². The molecule has 0 saturated carbocycles. The molecule has 19 heteroatoms. The molecule has 0 aromatic carbocycles. The first-order chi connectivity index (χ1) is 46.7. The van der Waals surface area contributed by atoms with Crippen molar-refractivity contribution < 1.29 is 80.2 Å². The van der Waals surface area contributed by atoms with Gasteiger partial charge in [0.1, 0.15) is 19.3 Å². The normalized spacial score (nSPS) is 14.0. The topological polar surface area (TPSA) is 237 Å². The van der Waals surface area contributed by atoms with Crippen LogP contribution in [0.4, 0.5) is 0 Å². The lowest BCUT2D eigenvalue weighted by molar-refractivity contribution is -0.161. The molecule has 5 atom stereocenters. The van der Waals surface area contributed by atoms with E-state index in [2.05, 4.69) is 48.5 Å². The van der Waals surface area contributed by atoms with Crippen LogP contribution in [0.3, 0.4) is 0 Å². The van der Waals surface area contributed by atoms with E-state index in [0.29, 0.717) is 25.7 Å². The molecule has 576 valence electrons. The van der Waals surface area contributed by atoms with E-state index in [4.69, 9.17) is 37.0 Å². The van der Waals surface area contributed by atoms with E-state index in [9.17, 15) is 43.2 Å². The monoisotopic (exact) mass is 1420 g/mol. The van der Waals surface area contributed by atoms with Gasteiger partial charge in [0, 0.05) is 25.7 Å². The summed E-state index contributed by atoms with van der Waals surface area (Å²) in [6.45, 7) is 11.9. The average Bonchev–Trinajstić information content (AvgIpc) is 1.65. The molecule has 0 aliphatic carbocycles. The number of esters is 4. The Hall–Kier alpha value is -1.94. The van der Waals surface area contributed by atoms with Gasteiger partial charge in [0.25, 0.3) is 0 Å². The van der Waals surface area contributed by atoms with Crippen LogP contribution >= 0.6 is 15.6 Å². The van der Waals surface area contributed by atoms with Crippen LogP contribution in [0.1, 0.15) is 402 Å². The highest BCUT2D eigenvalue weighted by Gasteiger charge is 2.30. The number of carbonyl (C=O) groups excluding carboxylic acids is 4. The van der Waals surface area contributed by atoms with Gasteiger partial charge in [0.2, 0.25) is 0 Å². The second-order valence-corrected chi connectivity index (χ2v) is 32.4. The summed E-state index contributed by atoms with van der Waals surface area (Å²) in [4.78, 5) is 72.7. The third kappa shape index (κ3) is 72.2. The summed E-state index contributed by atoms with van der Waals surface area (Å²) in [6.07, 6.45) is 55.8. The first kappa shape index (κ1) is 95.1. The zero-order valence-electron chi connectivity index (χ0n) is 63.5. The first-order valence-electron chi connectivity index (χ1n) is 40.3. The average molecular weight is 1420 g/mol. The van der Waals surface area contributed by atoms with Crippen molar-refractivity contribution in [3.63, 3.8) is 0 Å². The molecule has 0 aliphatic heterocycles. The Morgan fingerprint density at radius 3 is 0.701 bits per heavy atom. The fourth-order valence-electron chi connectivity index (χ4n) is 12.0. The number of carbonyl (C=O) groups is 4. The Bertz CT molecular complexity index is 1890. The van der Waals surface area contributed by atoms with E-state index in [1.165, 1.54) is 199 Å². The molecule has 0 radical (unpaired) electrons. The largest absolute Gasteiger partial charge is 0.472 e. The Labute approximate surface area is 594 Å². The fraction of sp³-hybridized carbons (Fsp3) is 0.949. The Morgan fingerprint density at radius 2 is 0.474 bits per heavy atom. The Morgan fingerprint density at radius 1 is 0.278 bits per heavy atom. The molecule has 0 heterocycles. The molecule has 0 fully saturated rings. The molecule has 0 saturated heterocycles. The van der Waals surface area contributed by atoms with Crippen molar-refractivity contribution in [3.05, 3.63) is 0 Å². The van der Waals surface area contributed by atoms with Gasteiger partial charge in [-0.05, 0) is 43.4 Å². The zero-order valence-corrected chi connectivity index (χ0v) is 65.3. The van der Waals surface area contributed by atoms with Crippen LogP contribution in [0, 0.1) is 17.8 Å². The minimum Gasteiger partial charge on any atom is -0.462 e. The van der Waals surface area contributed by atoms with Crippen LogP contribution in [-0.4, -0.2) is 96.7 Å². The fourth-order valence-corrected chi connectivity index (χ4v) is 13.5. The van der Waals surface area contributed by atoms with E-state index in [1.54, 1.807) is 0 Å². The van der Waals surface area contributed by atoms with Crippen molar-refractivity contribution in [1.29, 1.82) is 0 Å². The number of unbranched alkanes of at least 4 members (excludes halogenated alkanes) is 44. The number of aliphatic hydroxyl groups excluding tert-OH is 1. The van der Waals surface area contributed by atoms with Gasteiger partial charge in [0.05, 0.1) is 26.4 Å². The number of phosphoric acid groups is 2. The minimum absolute atomic E-state index is 0.104. The molecule has 0 aromatic heterocycles. The Kier molecular flexibility index (Phi) is 67.1. The van der Waals surface area contributed by atoms with Crippen LogP contribution in [-0.2, 0) is 65.4 Å². The molecule has 0 spiro atoms. The van der Waals surface area contributed by atoms with E-state index in [-0.39, 0.29) is 25.7 Å². The van der Waals surface area contributed by atoms with Gasteiger partial charge in [-0.2, -0.15) is 0 Å². The van der Waals surface area contributed by atoms with Crippen molar-refractivity contribution >= 4 is 39.5 Å². The van der Waals surface area contributed by atoms with E-state index in [0.717, 1.165) is 120 Å². The lowest BCUT2D eigenvalue weighted by atomic mass is 10.0. The number of ether oxygens (including phenoxy) is 4. The molecule has 2 unspecified atom stereocenters. The molecular weight excluding hydrogens is 1270 g/mol. The molecule has 0 aliphatic rings. The van der Waals surface area contributed by atoms with Crippen LogP contribution in [0.2, 0.25) is 0 Å². The van der Waals surface area contributed by atoms with Crippen molar-refractivity contribution in [2.75, 3.05) is 39.6 Å². The number of hydrogen-bond acceptors (Lipinski definition) is 15. The number of aliphatic hydroxyl groups is 1. The third-order valence-electron chi connectivity index (χ3n) is 18.1. The summed E-state index contributed by atoms with van der Waals surface area (Å²) in [5, 5.41) is 10.6. The van der Waals surface area contributed by atoms with E-state index < -0.39 is 97.5 Å². The number of hydrogen-bond donors (Lipinski definition) is 3. The van der Waals surface area contributed by atoms with Crippen molar-refractivity contribution in [1.82, 2.24) is 0 Å². The van der Waals surface area contributed by atoms with Crippen molar-refractivity contribution in [2.24, 2.45) is 17.8 Å². The van der Waals surface area contributed by atoms with Crippen LogP contribution < -0.4 is 0 Å². The van der Waals surface area contributed by atoms with Crippen LogP contribution in [0.25, 0.3) is 0 Å². The SMILES string of the molecule is CCCCCCCCCC(=O)OC[C@H](COP(=O)(O)OC[C@H](O)COP(=O)(O)OC[C@@H](COC(=O)CCCCCCCCCCCCCCCCCC(C)C)OC(=O)CCCCCCCCCCCCCCCCCCCCC(C)C)OC(=O)CCCCCCCCCCC(C)C. The third-order valence-corrected chi connectivity index (χ3v) is 20.0. The van der Waals surface area contributed by atoms with E-state index >= 15 is 0 Å². The van der Waals surface area contributed by atoms with Gasteiger partial charge in [-0.3, -0.25) is 37.3 Å². The molecule has 0 aromatic rings. The first-order valence-corrected chi connectivity index (χ1v) is 43.3. The predicted molar refractivity (Wildman–Crippen MR) is 395 cm³/mol. The summed E-state index contributed by atoms with van der Waals surface area (Å²) < 4.78 is 68.4. The van der Waals surface area contributed by atoms with Crippen LogP contribution in [0.5, 0.6) is 0 Å². The highest BCUT2D eigenvalue weighted by Crippen LogP contribution is 2.45. The van der Waals surface area contributed by atoms with Crippen molar-refractivity contribution in [2.45, 2.75) is 420 Å². The van der Waals surface area contributed by atoms with Gasteiger partial charge < -0.3 is 33.8 Å². The number of phosphoric ester groups is 2. The Balaban J connectivity index is 5.16. The molecule has 17 nitrogen and oxygen atoms in total. The molecule has 3 N–H and O–H groups in total. The van der Waals surface area contributed by atoms with Crippen LogP contribution in [0.15, 0.2) is 0 Å². The summed E-state index contributed by atoms with van der Waals surface area (Å²) in [6, 6.07) is 0. The molecule has 0 bridgehead atoms. The van der Waals surface area contributed by atoms with Crippen molar-refractivity contribution in [3.8, 4) is 0 Å². The summed E-state index contributed by atoms with van der Waals surface area (Å²) in [5.41, 5.74) is 0. The predicted octanol–water partition coefficient (Wildman–Crippen LogP) is 23.0. The number of rotatable bonds is 76. The summed E-state index contributed by atoms with van der Waals surface area (Å²) >= 11 is 0. The zero-order chi connectivity index (χ0) is 71.6. The van der Waals surface area contributed by atoms with Gasteiger partial charge >= 0.3 is 39.5 Å². The second kappa shape index (κ2) is 68.5. The van der Waals surface area contributed by atoms with Gasteiger partial charge in [-0.1, -0.05) is 350 Å². The molecule has 97 heavy (non-hydrogen) atoms. The lowest BCUT2D eigenvalue weighted by Crippen LogP contribution is -2.30. The quantitative estimate of drug-likeness (QED) is 0.0222. The maximum Gasteiger partial charge on any atom is 0.472 e. The highest BCUT2D eigenvalue weighted by molar-refractivity contribution is 7.47. The standard InChI is InChI=1S/C78H152O17P2/c1-8-9-10-11-35-45-52-59-75(80)88-65-73(95-78(83)62-55-48-41-34-33-38-44-51-58-71(6)7)67-92-96(84,85)90-63-72(79)64-91-97(86,87)93-68-74(66-89-76(81)60-53-46-39-31-27-23-20-16-18-22-26-30-37-43-50-57-70(4)5)94-77(82)61-54-47-40-32-28-24-19-15-13-12-14-17-21-25-29-36-42-49-56-69(2)3/h69-74,79H,8-68H2,1-7H3,(H,84,85)(H,86,87)/t72-,73+,74+/m0/s1. The van der Waals surface area contributed by atoms with Gasteiger partial charge in [-0.15, -0.1) is 0 Å². The van der Waals surface area contributed by atoms with Gasteiger partial charge in [-0.25, -0.2) is 9.13 Å². The molecule has 0 amide bonds. The van der Waals surface area contributed by atoms with Gasteiger partial charge in [0.15, 0.2) is 12.2 Å². The molecule has 0 rings (SSSR count).